The molecule has 0 spiro atoms. The average molecular weight is 247 g/mol. The van der Waals surface area contributed by atoms with Crippen molar-refractivity contribution in [3.8, 4) is 0 Å². The highest BCUT2D eigenvalue weighted by Crippen LogP contribution is 2.16. The Kier molecular flexibility index (Phi) is 3.69. The highest BCUT2D eigenvalue weighted by Gasteiger charge is 2.03. The van der Waals surface area contributed by atoms with Gasteiger partial charge in [0.2, 0.25) is 5.95 Å². The number of anilines is 3. The highest BCUT2D eigenvalue weighted by molar-refractivity contribution is 5.54. The topological polar surface area (TPSA) is 75.9 Å². The minimum atomic E-state index is -0.284. The first-order chi connectivity index (χ1) is 8.71. The van der Waals surface area contributed by atoms with Gasteiger partial charge in [-0.2, -0.15) is 4.98 Å². The number of aryl methyl sites for hydroxylation is 1. The fraction of sp³-hybridized carbons (Fsp3) is 0.167. The Morgan fingerprint density at radius 3 is 2.56 bits per heavy atom. The molecule has 2 rings (SSSR count). The van der Waals surface area contributed by atoms with Crippen molar-refractivity contribution < 1.29 is 4.39 Å². The van der Waals surface area contributed by atoms with E-state index < -0.39 is 0 Å². The van der Waals surface area contributed by atoms with Gasteiger partial charge < -0.3 is 10.7 Å². The van der Waals surface area contributed by atoms with Crippen LogP contribution in [0, 0.1) is 5.82 Å². The van der Waals surface area contributed by atoms with Crippen LogP contribution in [0.2, 0.25) is 0 Å². The van der Waals surface area contributed by atoms with Gasteiger partial charge in [0, 0.05) is 17.4 Å². The molecule has 0 unspecified atom stereocenters. The van der Waals surface area contributed by atoms with Gasteiger partial charge in [-0.1, -0.05) is 6.92 Å². The molecule has 0 aliphatic rings. The Morgan fingerprint density at radius 2 is 1.94 bits per heavy atom. The second kappa shape index (κ2) is 5.42. The van der Waals surface area contributed by atoms with Crippen LogP contribution in [0.25, 0.3) is 0 Å². The molecule has 0 amide bonds. The Morgan fingerprint density at radius 1 is 1.22 bits per heavy atom. The maximum atomic E-state index is 12.8. The van der Waals surface area contributed by atoms with Gasteiger partial charge >= 0.3 is 0 Å². The number of benzene rings is 1. The molecule has 0 saturated carbocycles. The molecular weight excluding hydrogens is 233 g/mol. The first-order valence-electron chi connectivity index (χ1n) is 5.58. The largest absolute Gasteiger partial charge is 0.324 e. The van der Waals surface area contributed by atoms with Crippen LogP contribution in [0.4, 0.5) is 21.8 Å². The van der Waals surface area contributed by atoms with Gasteiger partial charge in [-0.25, -0.2) is 15.2 Å². The molecule has 0 bridgehead atoms. The third-order valence-electron chi connectivity index (χ3n) is 2.39. The molecule has 5 nitrogen and oxygen atoms in total. The lowest BCUT2D eigenvalue weighted by Gasteiger charge is -2.08. The van der Waals surface area contributed by atoms with Crippen LogP contribution < -0.4 is 16.6 Å². The van der Waals surface area contributed by atoms with Gasteiger partial charge in [0.1, 0.15) is 11.6 Å². The van der Waals surface area contributed by atoms with E-state index in [1.54, 1.807) is 18.2 Å². The number of hydrogen-bond acceptors (Lipinski definition) is 5. The van der Waals surface area contributed by atoms with E-state index >= 15 is 0 Å². The Labute approximate surface area is 104 Å². The fourth-order valence-corrected chi connectivity index (χ4v) is 1.47. The van der Waals surface area contributed by atoms with Gasteiger partial charge in [-0.15, -0.1) is 0 Å². The highest BCUT2D eigenvalue weighted by atomic mass is 19.1. The van der Waals surface area contributed by atoms with E-state index in [0.717, 1.165) is 12.1 Å². The fourth-order valence-electron chi connectivity index (χ4n) is 1.47. The van der Waals surface area contributed by atoms with Crippen molar-refractivity contribution in [2.75, 3.05) is 10.7 Å². The molecule has 6 heteroatoms. The number of hydrogen-bond donors (Lipinski definition) is 3. The molecule has 0 atom stereocenters. The predicted molar refractivity (Wildman–Crippen MR) is 68.9 cm³/mol. The zero-order valence-corrected chi connectivity index (χ0v) is 9.94. The Bertz CT molecular complexity index is 504. The number of nitrogens with zero attached hydrogens (tertiary/aromatic N) is 2. The smallest absolute Gasteiger partial charge is 0.229 e. The van der Waals surface area contributed by atoms with E-state index in [-0.39, 0.29) is 5.82 Å². The van der Waals surface area contributed by atoms with Gasteiger partial charge in [0.05, 0.1) is 0 Å². The second-order valence-electron chi connectivity index (χ2n) is 3.70. The number of rotatable bonds is 4. The van der Waals surface area contributed by atoms with Crippen molar-refractivity contribution in [2.24, 2.45) is 5.84 Å². The van der Waals surface area contributed by atoms with Crippen molar-refractivity contribution >= 4 is 17.5 Å². The molecule has 18 heavy (non-hydrogen) atoms. The molecule has 1 heterocycles. The number of nitrogen functional groups attached to an aromatic ring is 1. The lowest BCUT2D eigenvalue weighted by Crippen LogP contribution is -2.11. The van der Waals surface area contributed by atoms with Crippen LogP contribution in [0.5, 0.6) is 0 Å². The maximum absolute atomic E-state index is 12.8. The third-order valence-corrected chi connectivity index (χ3v) is 2.39. The van der Waals surface area contributed by atoms with Crippen molar-refractivity contribution in [3.63, 3.8) is 0 Å². The SMILES string of the molecule is CCc1cc(NN)nc(Nc2ccc(F)cc2)n1. The summed E-state index contributed by atoms with van der Waals surface area (Å²) in [4.78, 5) is 8.47. The summed E-state index contributed by atoms with van der Waals surface area (Å²) in [6, 6.07) is 7.75. The van der Waals surface area contributed by atoms with Crippen LogP contribution in [0.3, 0.4) is 0 Å². The summed E-state index contributed by atoms with van der Waals surface area (Å²) in [5.74, 6) is 6.01. The first-order valence-corrected chi connectivity index (χ1v) is 5.58. The van der Waals surface area contributed by atoms with Crippen LogP contribution >= 0.6 is 0 Å². The zero-order valence-electron chi connectivity index (χ0n) is 9.94. The number of hydrazine groups is 1. The number of nitrogens with one attached hydrogen (secondary N) is 2. The number of halogens is 1. The first kappa shape index (κ1) is 12.3. The maximum Gasteiger partial charge on any atom is 0.229 e. The van der Waals surface area contributed by atoms with Crippen LogP contribution in [0.15, 0.2) is 30.3 Å². The normalized spacial score (nSPS) is 10.2. The summed E-state index contributed by atoms with van der Waals surface area (Å²) in [6.45, 7) is 1.99. The van der Waals surface area contributed by atoms with Crippen molar-refractivity contribution in [3.05, 3.63) is 41.8 Å². The molecular formula is C12H14FN5. The van der Waals surface area contributed by atoms with E-state index in [4.69, 9.17) is 5.84 Å². The molecule has 94 valence electrons. The molecule has 1 aromatic heterocycles. The van der Waals surface area contributed by atoms with Crippen LogP contribution in [-0.4, -0.2) is 9.97 Å². The monoisotopic (exact) mass is 247 g/mol. The van der Waals surface area contributed by atoms with Crippen LogP contribution in [0.1, 0.15) is 12.6 Å². The van der Waals surface area contributed by atoms with E-state index in [1.165, 1.54) is 12.1 Å². The molecule has 2 aromatic rings. The van der Waals surface area contributed by atoms with Gasteiger partial charge in [0.25, 0.3) is 0 Å². The molecule has 0 saturated heterocycles. The van der Waals surface area contributed by atoms with Crippen molar-refractivity contribution in [1.82, 2.24) is 9.97 Å². The summed E-state index contributed by atoms with van der Waals surface area (Å²) >= 11 is 0. The van der Waals surface area contributed by atoms with Crippen molar-refractivity contribution in [2.45, 2.75) is 13.3 Å². The quantitative estimate of drug-likeness (QED) is 0.570. The van der Waals surface area contributed by atoms with Gasteiger partial charge in [0.15, 0.2) is 0 Å². The Balaban J connectivity index is 2.25. The minimum absolute atomic E-state index is 0.284. The van der Waals surface area contributed by atoms with E-state index in [0.29, 0.717) is 17.5 Å². The number of aromatic nitrogens is 2. The lowest BCUT2D eigenvalue weighted by atomic mass is 10.3. The van der Waals surface area contributed by atoms with E-state index in [2.05, 4.69) is 20.7 Å². The second-order valence-corrected chi connectivity index (χ2v) is 3.70. The molecule has 0 radical (unpaired) electrons. The molecule has 0 aliphatic heterocycles. The zero-order chi connectivity index (χ0) is 13.0. The molecule has 1 aromatic carbocycles. The average Bonchev–Trinajstić information content (AvgIpc) is 2.41. The molecule has 0 aliphatic carbocycles. The summed E-state index contributed by atoms with van der Waals surface area (Å²) < 4.78 is 12.8. The van der Waals surface area contributed by atoms with Gasteiger partial charge in [-0.3, -0.25) is 0 Å². The van der Waals surface area contributed by atoms with Gasteiger partial charge in [-0.05, 0) is 30.7 Å². The Hall–Kier alpha value is -2.21. The molecule has 4 N–H and O–H groups in total. The van der Waals surface area contributed by atoms with Crippen LogP contribution in [-0.2, 0) is 6.42 Å². The minimum Gasteiger partial charge on any atom is -0.324 e. The lowest BCUT2D eigenvalue weighted by molar-refractivity contribution is 0.628. The van der Waals surface area contributed by atoms with E-state index in [9.17, 15) is 4.39 Å². The van der Waals surface area contributed by atoms with Crippen molar-refractivity contribution in [1.29, 1.82) is 0 Å². The third kappa shape index (κ3) is 2.92. The van der Waals surface area contributed by atoms with E-state index in [1.807, 2.05) is 6.92 Å². The predicted octanol–water partition coefficient (Wildman–Crippen LogP) is 2.21. The summed E-state index contributed by atoms with van der Waals surface area (Å²) in [5.41, 5.74) is 4.06. The summed E-state index contributed by atoms with van der Waals surface area (Å²) in [6.07, 6.45) is 0.773. The summed E-state index contributed by atoms with van der Waals surface area (Å²) in [7, 11) is 0. The molecule has 0 fully saturated rings. The summed E-state index contributed by atoms with van der Waals surface area (Å²) in [5, 5.41) is 3.00. The number of nitrogens with two attached hydrogens (primary N) is 1. The standard InChI is InChI=1S/C12H14FN5/c1-2-9-7-11(18-14)17-12(15-9)16-10-5-3-8(13)4-6-10/h3-7H,2,14H2,1H3,(H2,15,16,17,18).